The number of fused-ring (bicyclic) bond motifs is 1. The molecule has 8 heteroatoms. The first-order valence-electron chi connectivity index (χ1n) is 8.02. The summed E-state index contributed by atoms with van der Waals surface area (Å²) >= 11 is 0. The second-order valence-electron chi connectivity index (χ2n) is 5.95. The number of rotatable bonds is 7. The van der Waals surface area contributed by atoms with Crippen molar-refractivity contribution in [2.45, 2.75) is 32.1 Å². The summed E-state index contributed by atoms with van der Waals surface area (Å²) in [6.07, 6.45) is 5.02. The van der Waals surface area contributed by atoms with Crippen molar-refractivity contribution in [3.05, 3.63) is 19.0 Å². The molecule has 0 spiro atoms. The maximum absolute atomic E-state index is 6.09. The fraction of sp³-hybridized carbons (Fsp3) is 0.562. The molecule has 0 bridgehead atoms. The molecular weight excluding hydrogens is 310 g/mol. The van der Waals surface area contributed by atoms with Gasteiger partial charge in [0.15, 0.2) is 11.2 Å². The molecule has 3 heterocycles. The van der Waals surface area contributed by atoms with Gasteiger partial charge in [0, 0.05) is 13.0 Å². The molecule has 3 rings (SSSR count). The van der Waals surface area contributed by atoms with Gasteiger partial charge in [-0.25, -0.2) is 4.98 Å². The molecule has 8 nitrogen and oxygen atoms in total. The normalized spacial score (nSPS) is 23.7. The topological polar surface area (TPSA) is 97.3 Å². The number of imidazole rings is 1. The van der Waals surface area contributed by atoms with Crippen molar-refractivity contribution in [1.82, 2.24) is 19.5 Å². The van der Waals surface area contributed by atoms with E-state index in [1.54, 1.807) is 19.5 Å². The average molecular weight is 333 g/mol. The van der Waals surface area contributed by atoms with Gasteiger partial charge in [-0.15, -0.1) is 6.58 Å². The lowest BCUT2D eigenvalue weighted by Gasteiger charge is -2.17. The summed E-state index contributed by atoms with van der Waals surface area (Å²) in [6, 6.07) is 0. The summed E-state index contributed by atoms with van der Waals surface area (Å²) < 4.78 is 18.8. The Morgan fingerprint density at radius 1 is 1.50 bits per heavy atom. The molecule has 0 radical (unpaired) electrons. The minimum Gasteiger partial charge on any atom is -0.476 e. The minimum absolute atomic E-state index is 0.0648. The van der Waals surface area contributed by atoms with Gasteiger partial charge in [0.25, 0.3) is 0 Å². The minimum atomic E-state index is -0.162. The van der Waals surface area contributed by atoms with Gasteiger partial charge in [-0.1, -0.05) is 13.0 Å². The molecule has 24 heavy (non-hydrogen) atoms. The van der Waals surface area contributed by atoms with Gasteiger partial charge in [0.1, 0.15) is 6.23 Å². The van der Waals surface area contributed by atoms with Crippen LogP contribution in [0.3, 0.4) is 0 Å². The molecule has 3 unspecified atom stereocenters. The van der Waals surface area contributed by atoms with Crippen molar-refractivity contribution in [2.24, 2.45) is 5.92 Å². The zero-order chi connectivity index (χ0) is 17.1. The molecule has 130 valence electrons. The molecule has 2 aromatic heterocycles. The first kappa shape index (κ1) is 16.7. The monoisotopic (exact) mass is 333 g/mol. The van der Waals surface area contributed by atoms with Gasteiger partial charge in [0.2, 0.25) is 11.8 Å². The highest BCUT2D eigenvalue weighted by Gasteiger charge is 2.34. The van der Waals surface area contributed by atoms with E-state index in [9.17, 15) is 0 Å². The Bertz CT molecular complexity index is 717. The van der Waals surface area contributed by atoms with Crippen molar-refractivity contribution in [1.29, 1.82) is 0 Å². The molecule has 1 aliphatic rings. The Morgan fingerprint density at radius 2 is 2.33 bits per heavy atom. The molecule has 1 saturated heterocycles. The molecule has 1 fully saturated rings. The number of nitrogens with zero attached hydrogens (tertiary/aromatic N) is 4. The predicted molar refractivity (Wildman–Crippen MR) is 89.6 cm³/mol. The van der Waals surface area contributed by atoms with Crippen molar-refractivity contribution in [3.63, 3.8) is 0 Å². The lowest BCUT2D eigenvalue weighted by Crippen LogP contribution is -2.16. The third kappa shape index (κ3) is 3.20. The van der Waals surface area contributed by atoms with E-state index >= 15 is 0 Å². The standard InChI is InChI=1S/C16H23N5O3/c1-4-5-6-23-14-12-13(19-16(17)20-14)21(9-18-12)15-10(2)7-11(24-15)8-22-3/h4,9-11,15H,1,5-8H2,2-3H3,(H2,17,19,20). The van der Waals surface area contributed by atoms with E-state index in [4.69, 9.17) is 19.9 Å². The number of ether oxygens (including phenoxy) is 3. The van der Waals surface area contributed by atoms with Crippen LogP contribution >= 0.6 is 0 Å². The first-order valence-corrected chi connectivity index (χ1v) is 8.02. The fourth-order valence-corrected chi connectivity index (χ4v) is 2.98. The Labute approximate surface area is 140 Å². The highest BCUT2D eigenvalue weighted by atomic mass is 16.5. The Kier molecular flexibility index (Phi) is 4.96. The molecule has 2 aromatic rings. The van der Waals surface area contributed by atoms with Crippen LogP contribution in [0.2, 0.25) is 0 Å². The zero-order valence-corrected chi connectivity index (χ0v) is 14.0. The van der Waals surface area contributed by atoms with Crippen LogP contribution in [0, 0.1) is 5.92 Å². The first-order chi connectivity index (χ1) is 11.6. The quantitative estimate of drug-likeness (QED) is 0.611. The van der Waals surface area contributed by atoms with E-state index in [2.05, 4.69) is 28.5 Å². The lowest BCUT2D eigenvalue weighted by atomic mass is 10.1. The summed E-state index contributed by atoms with van der Waals surface area (Å²) in [7, 11) is 1.68. The van der Waals surface area contributed by atoms with Crippen LogP contribution in [-0.2, 0) is 9.47 Å². The highest BCUT2D eigenvalue weighted by molar-refractivity contribution is 5.77. The number of anilines is 1. The van der Waals surface area contributed by atoms with E-state index in [0.29, 0.717) is 42.6 Å². The predicted octanol–water partition coefficient (Wildman–Crippen LogP) is 1.93. The number of hydrogen-bond acceptors (Lipinski definition) is 7. The van der Waals surface area contributed by atoms with Gasteiger partial charge in [-0.05, 0) is 12.8 Å². The zero-order valence-electron chi connectivity index (χ0n) is 14.0. The summed E-state index contributed by atoms with van der Waals surface area (Å²) in [5, 5.41) is 0. The van der Waals surface area contributed by atoms with E-state index in [0.717, 1.165) is 6.42 Å². The molecule has 0 saturated carbocycles. The highest BCUT2D eigenvalue weighted by Crippen LogP contribution is 2.36. The van der Waals surface area contributed by atoms with E-state index < -0.39 is 0 Å². The van der Waals surface area contributed by atoms with Gasteiger partial charge in [0.05, 0.1) is 25.6 Å². The molecule has 1 aliphatic heterocycles. The summed E-state index contributed by atoms with van der Waals surface area (Å²) in [6.45, 7) is 6.85. The summed E-state index contributed by atoms with van der Waals surface area (Å²) in [5.41, 5.74) is 7.04. The maximum atomic E-state index is 6.09. The van der Waals surface area contributed by atoms with Gasteiger partial charge < -0.3 is 19.9 Å². The number of aromatic nitrogens is 4. The van der Waals surface area contributed by atoms with Gasteiger partial charge in [-0.3, -0.25) is 4.57 Å². The molecule has 0 amide bonds. The average Bonchev–Trinajstić information content (AvgIpc) is 3.11. The Morgan fingerprint density at radius 3 is 3.08 bits per heavy atom. The van der Waals surface area contributed by atoms with E-state index in [-0.39, 0.29) is 18.3 Å². The van der Waals surface area contributed by atoms with Crippen molar-refractivity contribution < 1.29 is 14.2 Å². The number of nitrogen functional groups attached to an aromatic ring is 1. The number of methoxy groups -OCH3 is 1. The maximum Gasteiger partial charge on any atom is 0.247 e. The van der Waals surface area contributed by atoms with Crippen LogP contribution in [0.15, 0.2) is 19.0 Å². The Balaban J connectivity index is 1.91. The molecule has 3 atom stereocenters. The third-order valence-electron chi connectivity index (χ3n) is 4.05. The van der Waals surface area contributed by atoms with Gasteiger partial charge in [-0.2, -0.15) is 9.97 Å². The number of hydrogen-bond donors (Lipinski definition) is 1. The van der Waals surface area contributed by atoms with Gasteiger partial charge >= 0.3 is 0 Å². The van der Waals surface area contributed by atoms with Crippen molar-refractivity contribution >= 4 is 17.1 Å². The number of nitrogens with two attached hydrogens (primary N) is 1. The van der Waals surface area contributed by atoms with Crippen LogP contribution in [0.1, 0.15) is 26.0 Å². The van der Waals surface area contributed by atoms with Crippen molar-refractivity contribution in [3.8, 4) is 5.88 Å². The smallest absolute Gasteiger partial charge is 0.247 e. The summed E-state index contributed by atoms with van der Waals surface area (Å²) in [4.78, 5) is 12.9. The molecule has 0 aromatic carbocycles. The largest absolute Gasteiger partial charge is 0.476 e. The Hall–Kier alpha value is -2.19. The second-order valence-corrected chi connectivity index (χ2v) is 5.95. The van der Waals surface area contributed by atoms with E-state index in [1.807, 2.05) is 4.57 Å². The lowest BCUT2D eigenvalue weighted by molar-refractivity contribution is -0.0375. The summed E-state index contributed by atoms with van der Waals surface area (Å²) in [5.74, 6) is 0.845. The third-order valence-corrected chi connectivity index (χ3v) is 4.05. The van der Waals surface area contributed by atoms with Crippen LogP contribution in [0.4, 0.5) is 5.95 Å². The van der Waals surface area contributed by atoms with Crippen LogP contribution in [0.25, 0.3) is 11.2 Å². The molecule has 0 aliphatic carbocycles. The van der Waals surface area contributed by atoms with Crippen LogP contribution in [0.5, 0.6) is 5.88 Å². The molecule has 2 N–H and O–H groups in total. The SMILES string of the molecule is C=CCCOc1nc(N)nc2c1ncn2C1OC(COC)CC1C. The van der Waals surface area contributed by atoms with Crippen LogP contribution in [-0.4, -0.2) is 45.9 Å². The van der Waals surface area contributed by atoms with Crippen LogP contribution < -0.4 is 10.5 Å². The van der Waals surface area contributed by atoms with E-state index in [1.165, 1.54) is 0 Å². The molecular formula is C16H23N5O3. The second kappa shape index (κ2) is 7.14. The van der Waals surface area contributed by atoms with Crippen molar-refractivity contribution in [2.75, 3.05) is 26.1 Å². The fourth-order valence-electron chi connectivity index (χ4n) is 2.98.